The fraction of sp³-hybridized carbons (Fsp3) is 0.333. The zero-order chi connectivity index (χ0) is 15.6. The molecule has 0 heterocycles. The molecular weight excluding hydrogens is 339 g/mol. The van der Waals surface area contributed by atoms with E-state index in [0.29, 0.717) is 0 Å². The van der Waals surface area contributed by atoms with Gasteiger partial charge in [-0.2, -0.15) is 0 Å². The second-order valence-electron chi connectivity index (χ2n) is 5.59. The van der Waals surface area contributed by atoms with Crippen molar-refractivity contribution in [3.05, 3.63) is 57.6 Å². The molecule has 0 unspecified atom stereocenters. The topological polar surface area (TPSA) is 18.5 Å². The van der Waals surface area contributed by atoms with E-state index in [1.165, 1.54) is 33.4 Å². The van der Waals surface area contributed by atoms with Gasteiger partial charge < -0.3 is 0 Å². The van der Waals surface area contributed by atoms with Gasteiger partial charge in [-0.25, -0.2) is 0 Å². The summed E-state index contributed by atoms with van der Waals surface area (Å²) in [7, 11) is 0. The summed E-state index contributed by atoms with van der Waals surface area (Å²) in [4.78, 5) is 0. The molecule has 0 saturated heterocycles. The van der Waals surface area contributed by atoms with Gasteiger partial charge in [0, 0.05) is 0 Å². The van der Waals surface area contributed by atoms with Crippen molar-refractivity contribution in [1.29, 1.82) is 0 Å². The second-order valence-corrected chi connectivity index (χ2v) is 7.01. The van der Waals surface area contributed by atoms with Crippen molar-refractivity contribution in [2.75, 3.05) is 0 Å². The Labute approximate surface area is 140 Å². The number of benzene rings is 2. The third-order valence-electron chi connectivity index (χ3n) is 4.03. The average molecular weight is 362 g/mol. The van der Waals surface area contributed by atoms with Gasteiger partial charge in [-0.1, -0.05) is 0 Å². The van der Waals surface area contributed by atoms with Gasteiger partial charge in [-0.05, 0) is 0 Å². The van der Waals surface area contributed by atoms with E-state index in [1.54, 1.807) is 0 Å². The Morgan fingerprint density at radius 1 is 0.571 bits per heavy atom. The van der Waals surface area contributed by atoms with Crippen LogP contribution in [0.1, 0.15) is 33.4 Å². The summed E-state index contributed by atoms with van der Waals surface area (Å²) in [5, 5.41) is 0. The summed E-state index contributed by atoms with van der Waals surface area (Å²) in [5.41, 5.74) is 7.32. The Morgan fingerprint density at radius 3 is 1.29 bits per heavy atom. The molecule has 0 spiro atoms. The van der Waals surface area contributed by atoms with Gasteiger partial charge in [0.15, 0.2) is 0 Å². The fourth-order valence-corrected chi connectivity index (χ4v) is 4.33. The molecule has 2 nitrogen and oxygen atoms in total. The average Bonchev–Trinajstić information content (AvgIpc) is 2.46. The molecule has 0 saturated carbocycles. The molecule has 0 fully saturated rings. The minimum absolute atomic E-state index is 1.00. The van der Waals surface area contributed by atoms with Crippen LogP contribution < -0.4 is 5.63 Å². The van der Waals surface area contributed by atoms with Gasteiger partial charge in [-0.15, -0.1) is 0 Å². The van der Waals surface area contributed by atoms with Gasteiger partial charge in [0.1, 0.15) is 0 Å². The molecule has 0 radical (unpaired) electrons. The molecule has 110 valence electrons. The van der Waals surface area contributed by atoms with Crippen molar-refractivity contribution in [3.63, 3.8) is 0 Å². The Morgan fingerprint density at radius 2 is 0.905 bits per heavy atom. The number of aryl methyl sites for hydroxylation is 4. The zero-order valence-electron chi connectivity index (χ0n) is 13.6. The maximum atomic E-state index is 6.05. The summed E-state index contributed by atoms with van der Waals surface area (Å²) in [6, 6.07) is 8.50. The number of hydrogen-bond acceptors (Lipinski definition) is 2. The van der Waals surface area contributed by atoms with Crippen molar-refractivity contribution in [2.24, 2.45) is 0 Å². The zero-order valence-corrected chi connectivity index (χ0v) is 16.1. The number of hydrogen-bond donors (Lipinski definition) is 0. The first-order chi connectivity index (χ1) is 9.91. The molecule has 0 aromatic heterocycles. The Hall–Kier alpha value is -1.08. The standard InChI is InChI=1S/2C9H12O.Zr/c2*1-6-4-5-7(2)9(10)8(6)3;/h2*4-5,10H,1-3H3;/q;;+2/p-2. The van der Waals surface area contributed by atoms with E-state index in [4.69, 9.17) is 5.63 Å². The third kappa shape index (κ3) is 3.58. The Balaban J connectivity index is 2.13. The molecular formula is C18H22O2Zr. The van der Waals surface area contributed by atoms with Gasteiger partial charge in [-0.3, -0.25) is 0 Å². The Bertz CT molecular complexity index is 605. The predicted molar refractivity (Wildman–Crippen MR) is 82.6 cm³/mol. The van der Waals surface area contributed by atoms with Crippen LogP contribution in [0.25, 0.3) is 0 Å². The van der Waals surface area contributed by atoms with Crippen LogP contribution in [0, 0.1) is 41.5 Å². The molecule has 0 aliphatic carbocycles. The molecule has 0 bridgehead atoms. The van der Waals surface area contributed by atoms with Crippen LogP contribution in [0.2, 0.25) is 0 Å². The molecule has 3 heteroatoms. The van der Waals surface area contributed by atoms with Crippen LogP contribution >= 0.6 is 0 Å². The van der Waals surface area contributed by atoms with Crippen LogP contribution in [0.15, 0.2) is 24.3 Å². The van der Waals surface area contributed by atoms with Crippen LogP contribution in [0.5, 0.6) is 11.5 Å². The molecule has 0 aliphatic rings. The van der Waals surface area contributed by atoms with Crippen LogP contribution in [0.3, 0.4) is 0 Å². The van der Waals surface area contributed by atoms with E-state index in [9.17, 15) is 0 Å². The third-order valence-corrected chi connectivity index (χ3v) is 5.45. The molecule has 0 atom stereocenters. The van der Waals surface area contributed by atoms with Crippen LogP contribution in [0.4, 0.5) is 0 Å². The van der Waals surface area contributed by atoms with E-state index in [1.807, 2.05) is 0 Å². The summed E-state index contributed by atoms with van der Waals surface area (Å²) < 4.78 is 12.1. The summed E-state index contributed by atoms with van der Waals surface area (Å²) in [5.74, 6) is 2.01. The molecule has 2 rings (SSSR count). The van der Waals surface area contributed by atoms with Crippen molar-refractivity contribution >= 4 is 0 Å². The normalized spacial score (nSPS) is 10.4. The number of rotatable bonds is 4. The van der Waals surface area contributed by atoms with E-state index in [0.717, 1.165) is 11.5 Å². The molecule has 0 aliphatic heterocycles. The molecule has 2 aromatic rings. The van der Waals surface area contributed by atoms with Crippen molar-refractivity contribution in [3.8, 4) is 11.5 Å². The van der Waals surface area contributed by atoms with E-state index in [-0.39, 0.29) is 0 Å². The molecule has 0 N–H and O–H groups in total. The van der Waals surface area contributed by atoms with Gasteiger partial charge in [0.25, 0.3) is 0 Å². The summed E-state index contributed by atoms with van der Waals surface area (Å²) in [6.45, 7) is 12.6. The molecule has 2 aromatic carbocycles. The van der Waals surface area contributed by atoms with Crippen molar-refractivity contribution in [1.82, 2.24) is 0 Å². The summed E-state index contributed by atoms with van der Waals surface area (Å²) in [6.07, 6.45) is 0. The summed E-state index contributed by atoms with van der Waals surface area (Å²) >= 11 is -1.40. The van der Waals surface area contributed by atoms with Crippen LogP contribution in [-0.4, -0.2) is 0 Å². The van der Waals surface area contributed by atoms with Gasteiger partial charge in [0.2, 0.25) is 0 Å². The minimum atomic E-state index is -1.40. The van der Waals surface area contributed by atoms with Crippen molar-refractivity contribution < 1.29 is 29.7 Å². The first-order valence-electron chi connectivity index (χ1n) is 7.14. The van der Waals surface area contributed by atoms with Gasteiger partial charge in [0.05, 0.1) is 0 Å². The van der Waals surface area contributed by atoms with Crippen molar-refractivity contribution in [2.45, 2.75) is 41.5 Å². The van der Waals surface area contributed by atoms with E-state index in [2.05, 4.69) is 65.8 Å². The monoisotopic (exact) mass is 360 g/mol. The SMILES string of the molecule is Cc1ccc(C)c([O][Zr][O]c2c(C)ccc(C)c2C)c1C. The molecule has 21 heavy (non-hydrogen) atoms. The van der Waals surface area contributed by atoms with Gasteiger partial charge >= 0.3 is 140 Å². The Kier molecular flexibility index (Phi) is 5.27. The van der Waals surface area contributed by atoms with Crippen LogP contribution in [-0.2, 0) is 24.1 Å². The molecule has 0 amide bonds. The fourth-order valence-electron chi connectivity index (χ4n) is 2.27. The first-order valence-corrected chi connectivity index (χ1v) is 9.14. The predicted octanol–water partition coefficient (Wildman–Crippen LogP) is 4.91. The maximum absolute atomic E-state index is 6.05. The first kappa shape index (κ1) is 16.3. The van der Waals surface area contributed by atoms with E-state index >= 15 is 0 Å². The quantitative estimate of drug-likeness (QED) is 0.770. The second kappa shape index (κ2) is 6.79. The van der Waals surface area contributed by atoms with E-state index < -0.39 is 24.1 Å².